The largest absolute Gasteiger partial charge is 0.468 e. The van der Waals surface area contributed by atoms with Gasteiger partial charge in [0.25, 0.3) is 0 Å². The highest BCUT2D eigenvalue weighted by Crippen LogP contribution is 1.91. The van der Waals surface area contributed by atoms with E-state index in [1.165, 1.54) is 13.4 Å². The summed E-state index contributed by atoms with van der Waals surface area (Å²) in [5.41, 5.74) is 0.763. The smallest absolute Gasteiger partial charge is 0.319 e. The molecule has 0 bridgehead atoms. The lowest BCUT2D eigenvalue weighted by molar-refractivity contribution is -0.139. The molecule has 1 rings (SSSR count). The van der Waals surface area contributed by atoms with E-state index in [-0.39, 0.29) is 12.5 Å². The third-order valence-electron chi connectivity index (χ3n) is 1.29. The van der Waals surface area contributed by atoms with Gasteiger partial charge >= 0.3 is 5.97 Å². The molecule has 1 heterocycles. The van der Waals surface area contributed by atoms with Gasteiger partial charge in [-0.05, 0) is 0 Å². The van der Waals surface area contributed by atoms with Gasteiger partial charge in [-0.3, -0.25) is 4.79 Å². The molecule has 0 aliphatic heterocycles. The molecule has 0 fully saturated rings. The molecule has 0 saturated heterocycles. The normalized spacial score (nSPS) is 9.75. The Morgan fingerprint density at radius 2 is 2.67 bits per heavy atom. The Labute approximate surface area is 69.7 Å². The highest BCUT2D eigenvalue weighted by atomic mass is 16.5. The Balaban J connectivity index is 2.15. The SMILES string of the molecule is COC(=O)CNCc1ccon1. The van der Waals surface area contributed by atoms with Crippen molar-refractivity contribution in [3.63, 3.8) is 0 Å². The molecule has 0 saturated carbocycles. The van der Waals surface area contributed by atoms with Crippen LogP contribution in [0, 0.1) is 0 Å². The zero-order chi connectivity index (χ0) is 8.81. The summed E-state index contributed by atoms with van der Waals surface area (Å²) >= 11 is 0. The van der Waals surface area contributed by atoms with Crippen LogP contribution < -0.4 is 5.32 Å². The first-order chi connectivity index (χ1) is 5.83. The van der Waals surface area contributed by atoms with Crippen molar-refractivity contribution in [3.8, 4) is 0 Å². The van der Waals surface area contributed by atoms with Crippen LogP contribution >= 0.6 is 0 Å². The second kappa shape index (κ2) is 4.50. The predicted molar refractivity (Wildman–Crippen MR) is 40.2 cm³/mol. The first-order valence-corrected chi connectivity index (χ1v) is 3.49. The summed E-state index contributed by atoms with van der Waals surface area (Å²) in [6.45, 7) is 0.689. The number of carbonyl (C=O) groups excluding carboxylic acids is 1. The minimum absolute atomic E-state index is 0.184. The molecule has 12 heavy (non-hydrogen) atoms. The topological polar surface area (TPSA) is 64.4 Å². The van der Waals surface area contributed by atoms with E-state index in [0.717, 1.165) is 5.69 Å². The third-order valence-corrected chi connectivity index (χ3v) is 1.29. The summed E-state index contributed by atoms with van der Waals surface area (Å²) in [6.07, 6.45) is 1.48. The number of ether oxygens (including phenoxy) is 1. The van der Waals surface area contributed by atoms with Crippen molar-refractivity contribution in [1.29, 1.82) is 0 Å². The molecule has 66 valence electrons. The van der Waals surface area contributed by atoms with Crippen molar-refractivity contribution in [2.24, 2.45) is 0 Å². The molecule has 0 amide bonds. The van der Waals surface area contributed by atoms with E-state index >= 15 is 0 Å². The summed E-state index contributed by atoms with van der Waals surface area (Å²) in [5, 5.41) is 6.49. The molecule has 0 atom stereocenters. The summed E-state index contributed by atoms with van der Waals surface area (Å²) in [6, 6.07) is 1.73. The molecule has 0 unspecified atom stereocenters. The number of nitrogens with one attached hydrogen (secondary N) is 1. The molecule has 0 aliphatic rings. The van der Waals surface area contributed by atoms with Crippen LogP contribution in [0.3, 0.4) is 0 Å². The van der Waals surface area contributed by atoms with Crippen molar-refractivity contribution in [2.45, 2.75) is 6.54 Å². The van der Waals surface area contributed by atoms with Gasteiger partial charge in [0.05, 0.1) is 19.3 Å². The molecular formula is C7H10N2O3. The Morgan fingerprint density at radius 1 is 1.83 bits per heavy atom. The van der Waals surface area contributed by atoms with Gasteiger partial charge in [0.2, 0.25) is 0 Å². The van der Waals surface area contributed by atoms with Crippen LogP contribution in [0.4, 0.5) is 0 Å². The number of hydrogen-bond acceptors (Lipinski definition) is 5. The van der Waals surface area contributed by atoms with Gasteiger partial charge in [0.1, 0.15) is 6.26 Å². The van der Waals surface area contributed by atoms with E-state index in [9.17, 15) is 4.79 Å². The van der Waals surface area contributed by atoms with Gasteiger partial charge < -0.3 is 14.6 Å². The van der Waals surface area contributed by atoms with Gasteiger partial charge in [-0.1, -0.05) is 5.16 Å². The lowest BCUT2D eigenvalue weighted by Gasteiger charge is -1.98. The van der Waals surface area contributed by atoms with E-state index in [0.29, 0.717) is 6.54 Å². The Bertz CT molecular complexity index is 233. The summed E-state index contributed by atoms with van der Waals surface area (Å²) in [5.74, 6) is -0.293. The van der Waals surface area contributed by atoms with Crippen LogP contribution in [-0.2, 0) is 16.1 Å². The Hall–Kier alpha value is -1.36. The number of aromatic nitrogens is 1. The van der Waals surface area contributed by atoms with E-state index < -0.39 is 0 Å². The van der Waals surface area contributed by atoms with Crippen molar-refractivity contribution in [3.05, 3.63) is 18.0 Å². The first kappa shape index (κ1) is 8.73. The molecule has 0 aromatic carbocycles. The average Bonchev–Trinajstić information content (AvgIpc) is 2.57. The zero-order valence-corrected chi connectivity index (χ0v) is 6.74. The molecule has 5 heteroatoms. The fraction of sp³-hybridized carbons (Fsp3) is 0.429. The van der Waals surface area contributed by atoms with Gasteiger partial charge in [-0.2, -0.15) is 0 Å². The van der Waals surface area contributed by atoms with Crippen LogP contribution in [0.15, 0.2) is 16.9 Å². The van der Waals surface area contributed by atoms with Crippen molar-refractivity contribution in [1.82, 2.24) is 10.5 Å². The molecule has 0 spiro atoms. The first-order valence-electron chi connectivity index (χ1n) is 3.49. The maximum Gasteiger partial charge on any atom is 0.319 e. The molecule has 1 N–H and O–H groups in total. The predicted octanol–water partition coefficient (Wildman–Crippen LogP) is -0.0628. The second-order valence-corrected chi connectivity index (χ2v) is 2.17. The maximum absolute atomic E-state index is 10.6. The third kappa shape index (κ3) is 2.71. The van der Waals surface area contributed by atoms with Crippen LogP contribution in [0.25, 0.3) is 0 Å². The summed E-state index contributed by atoms with van der Waals surface area (Å²) in [4.78, 5) is 10.6. The molecule has 1 aromatic heterocycles. The zero-order valence-electron chi connectivity index (χ0n) is 6.74. The average molecular weight is 170 g/mol. The number of rotatable bonds is 4. The highest BCUT2D eigenvalue weighted by Gasteiger charge is 1.99. The molecular weight excluding hydrogens is 160 g/mol. The van der Waals surface area contributed by atoms with Crippen LogP contribution in [0.1, 0.15) is 5.69 Å². The lowest BCUT2D eigenvalue weighted by Crippen LogP contribution is -2.23. The number of hydrogen-bond donors (Lipinski definition) is 1. The highest BCUT2D eigenvalue weighted by molar-refractivity contribution is 5.71. The fourth-order valence-electron chi connectivity index (χ4n) is 0.694. The molecule has 0 radical (unpaired) electrons. The molecule has 0 aliphatic carbocycles. The van der Waals surface area contributed by atoms with E-state index in [1.54, 1.807) is 6.07 Å². The van der Waals surface area contributed by atoms with Crippen LogP contribution in [-0.4, -0.2) is 24.8 Å². The van der Waals surface area contributed by atoms with E-state index in [2.05, 4.69) is 19.7 Å². The Kier molecular flexibility index (Phi) is 3.28. The fourth-order valence-corrected chi connectivity index (χ4v) is 0.694. The van der Waals surface area contributed by atoms with E-state index in [1.807, 2.05) is 0 Å². The van der Waals surface area contributed by atoms with E-state index in [4.69, 9.17) is 0 Å². The van der Waals surface area contributed by atoms with Crippen molar-refractivity contribution >= 4 is 5.97 Å². The molecule has 5 nitrogen and oxygen atoms in total. The van der Waals surface area contributed by atoms with Gasteiger partial charge in [-0.25, -0.2) is 0 Å². The maximum atomic E-state index is 10.6. The van der Waals surface area contributed by atoms with Crippen LogP contribution in [0.2, 0.25) is 0 Å². The minimum atomic E-state index is -0.293. The second-order valence-electron chi connectivity index (χ2n) is 2.17. The molecule has 1 aromatic rings. The summed E-state index contributed by atoms with van der Waals surface area (Å²) < 4.78 is 9.02. The number of nitrogens with zero attached hydrogens (tertiary/aromatic N) is 1. The van der Waals surface area contributed by atoms with Crippen molar-refractivity contribution < 1.29 is 14.1 Å². The van der Waals surface area contributed by atoms with Gasteiger partial charge in [-0.15, -0.1) is 0 Å². The Morgan fingerprint density at radius 3 is 3.25 bits per heavy atom. The van der Waals surface area contributed by atoms with Crippen LogP contribution in [0.5, 0.6) is 0 Å². The standard InChI is InChI=1S/C7H10N2O3/c1-11-7(10)5-8-4-6-2-3-12-9-6/h2-3,8H,4-5H2,1H3. The monoisotopic (exact) mass is 170 g/mol. The quantitative estimate of drug-likeness (QED) is 0.641. The minimum Gasteiger partial charge on any atom is -0.468 e. The summed E-state index contributed by atoms with van der Waals surface area (Å²) in [7, 11) is 1.35. The van der Waals surface area contributed by atoms with Gasteiger partial charge in [0.15, 0.2) is 0 Å². The number of carbonyl (C=O) groups is 1. The number of esters is 1. The van der Waals surface area contributed by atoms with Crippen molar-refractivity contribution in [2.75, 3.05) is 13.7 Å². The van der Waals surface area contributed by atoms with Gasteiger partial charge in [0, 0.05) is 12.6 Å². The lowest BCUT2D eigenvalue weighted by atomic mass is 10.4. The number of methoxy groups -OCH3 is 1.